The Kier molecular flexibility index (Phi) is 5.09. The van der Waals surface area contributed by atoms with Crippen molar-refractivity contribution in [3.05, 3.63) is 23.3 Å². The fraction of sp³-hybridized carbons (Fsp3) is 0.417. The zero-order chi connectivity index (χ0) is 15.5. The summed E-state index contributed by atoms with van der Waals surface area (Å²) in [4.78, 5) is 10.8. The number of aryl methyl sites for hydroxylation is 1. The molecule has 0 fully saturated rings. The third kappa shape index (κ3) is 3.09. The molecular weight excluding hydrogens is 286 g/mol. The van der Waals surface area contributed by atoms with Crippen LogP contribution in [0.3, 0.4) is 0 Å². The maximum Gasteiger partial charge on any atom is 0.339 e. The molecule has 3 N–H and O–H groups in total. The Bertz CT molecular complexity index is 611. The predicted octanol–water partition coefficient (Wildman–Crippen LogP) is 0.402. The van der Waals surface area contributed by atoms with Gasteiger partial charge in [0.2, 0.25) is 10.0 Å². The molecule has 0 aliphatic carbocycles. The van der Waals surface area contributed by atoms with Crippen LogP contribution in [0.25, 0.3) is 0 Å². The Morgan fingerprint density at radius 2 is 1.95 bits per heavy atom. The molecule has 112 valence electrons. The summed E-state index contributed by atoms with van der Waals surface area (Å²) in [6, 6.07) is 2.03. The molecule has 0 radical (unpaired) electrons. The summed E-state index contributed by atoms with van der Waals surface area (Å²) in [5.74, 6) is -1.90. The molecule has 0 spiro atoms. The van der Waals surface area contributed by atoms with Crippen molar-refractivity contribution in [2.24, 2.45) is 0 Å². The number of benzene rings is 1. The number of likely N-dealkylation sites (N-methyl/N-ethyl adjacent to an activating group) is 1. The molecule has 8 heteroatoms. The van der Waals surface area contributed by atoms with Crippen molar-refractivity contribution in [2.45, 2.75) is 18.7 Å². The SMILES string of the molecule is CCN(CCO)S(=O)(=O)c1cc(C(=O)O)c(O)cc1C. The van der Waals surface area contributed by atoms with Gasteiger partial charge in [-0.25, -0.2) is 13.2 Å². The molecule has 0 bridgehead atoms. The summed E-state index contributed by atoms with van der Waals surface area (Å²) in [6.07, 6.45) is 0. The van der Waals surface area contributed by atoms with Crippen LogP contribution in [0.2, 0.25) is 0 Å². The zero-order valence-corrected chi connectivity index (χ0v) is 12.0. The zero-order valence-electron chi connectivity index (χ0n) is 11.2. The summed E-state index contributed by atoms with van der Waals surface area (Å²) in [5, 5.41) is 27.4. The number of nitrogens with zero attached hydrogens (tertiary/aromatic N) is 1. The van der Waals surface area contributed by atoms with Crippen molar-refractivity contribution in [1.29, 1.82) is 0 Å². The minimum absolute atomic E-state index is 0.0818. The molecule has 0 atom stereocenters. The highest BCUT2D eigenvalue weighted by Crippen LogP contribution is 2.27. The van der Waals surface area contributed by atoms with E-state index in [0.717, 1.165) is 16.4 Å². The van der Waals surface area contributed by atoms with E-state index in [1.165, 1.54) is 6.92 Å². The van der Waals surface area contributed by atoms with E-state index >= 15 is 0 Å². The van der Waals surface area contributed by atoms with E-state index in [4.69, 9.17) is 10.2 Å². The number of carboxylic acids is 1. The molecule has 0 aliphatic rings. The second kappa shape index (κ2) is 6.21. The maximum absolute atomic E-state index is 12.4. The van der Waals surface area contributed by atoms with Gasteiger partial charge in [0.05, 0.1) is 11.5 Å². The average Bonchev–Trinajstić information content (AvgIpc) is 2.34. The highest BCUT2D eigenvalue weighted by molar-refractivity contribution is 7.89. The summed E-state index contributed by atoms with van der Waals surface area (Å²) < 4.78 is 25.8. The molecular formula is C12H17NO6S. The Morgan fingerprint density at radius 3 is 2.40 bits per heavy atom. The van der Waals surface area contributed by atoms with Crippen molar-refractivity contribution in [1.82, 2.24) is 4.31 Å². The highest BCUT2D eigenvalue weighted by Gasteiger charge is 2.26. The maximum atomic E-state index is 12.4. The van der Waals surface area contributed by atoms with Gasteiger partial charge in [-0.2, -0.15) is 4.31 Å². The number of carboxylic acid groups (broad SMARTS) is 1. The second-order valence-electron chi connectivity index (χ2n) is 4.16. The first-order valence-corrected chi connectivity index (χ1v) is 7.37. The topological polar surface area (TPSA) is 115 Å². The van der Waals surface area contributed by atoms with Crippen LogP contribution in [0.1, 0.15) is 22.8 Å². The number of aromatic hydroxyl groups is 1. The van der Waals surface area contributed by atoms with E-state index in [-0.39, 0.29) is 30.2 Å². The molecule has 0 aromatic heterocycles. The number of carbonyl (C=O) groups is 1. The lowest BCUT2D eigenvalue weighted by atomic mass is 10.1. The van der Waals surface area contributed by atoms with E-state index in [9.17, 15) is 18.3 Å². The molecule has 0 amide bonds. The highest BCUT2D eigenvalue weighted by atomic mass is 32.2. The van der Waals surface area contributed by atoms with Crippen LogP contribution in [-0.2, 0) is 10.0 Å². The smallest absolute Gasteiger partial charge is 0.339 e. The third-order valence-electron chi connectivity index (χ3n) is 2.84. The van der Waals surface area contributed by atoms with E-state index in [0.29, 0.717) is 0 Å². The second-order valence-corrected chi connectivity index (χ2v) is 6.07. The Balaban J connectivity index is 3.45. The number of hydrogen-bond acceptors (Lipinski definition) is 5. The lowest BCUT2D eigenvalue weighted by Crippen LogP contribution is -2.33. The number of sulfonamides is 1. The van der Waals surface area contributed by atoms with Gasteiger partial charge in [0, 0.05) is 13.1 Å². The van der Waals surface area contributed by atoms with Gasteiger partial charge in [-0.05, 0) is 24.6 Å². The normalized spacial score (nSPS) is 11.8. The van der Waals surface area contributed by atoms with Crippen molar-refractivity contribution >= 4 is 16.0 Å². The van der Waals surface area contributed by atoms with Gasteiger partial charge in [0.25, 0.3) is 0 Å². The Morgan fingerprint density at radius 1 is 1.35 bits per heavy atom. The van der Waals surface area contributed by atoms with E-state index < -0.39 is 27.3 Å². The summed E-state index contributed by atoms with van der Waals surface area (Å²) in [6.45, 7) is 2.80. The van der Waals surface area contributed by atoms with Gasteiger partial charge in [-0.1, -0.05) is 6.92 Å². The first kappa shape index (κ1) is 16.4. The quantitative estimate of drug-likeness (QED) is 0.701. The van der Waals surface area contributed by atoms with E-state index in [2.05, 4.69) is 0 Å². The number of hydrogen-bond donors (Lipinski definition) is 3. The first-order valence-electron chi connectivity index (χ1n) is 5.93. The molecule has 0 heterocycles. The molecule has 0 aliphatic heterocycles. The van der Waals surface area contributed by atoms with Crippen molar-refractivity contribution in [3.63, 3.8) is 0 Å². The van der Waals surface area contributed by atoms with Crippen LogP contribution in [0.15, 0.2) is 17.0 Å². The third-order valence-corrected chi connectivity index (χ3v) is 4.96. The van der Waals surface area contributed by atoms with Crippen LogP contribution < -0.4 is 0 Å². The molecule has 0 saturated carbocycles. The van der Waals surface area contributed by atoms with Crippen molar-refractivity contribution in [2.75, 3.05) is 19.7 Å². The van der Waals surface area contributed by atoms with Gasteiger partial charge in [-0.15, -0.1) is 0 Å². The Labute approximate surface area is 117 Å². The summed E-state index contributed by atoms with van der Waals surface area (Å²) in [5.41, 5.74) is -0.238. The standard InChI is InChI=1S/C12H17NO6S/c1-3-13(4-5-14)20(18,19)11-7-9(12(16)17)10(15)6-8(11)2/h6-7,14-15H,3-5H2,1-2H3,(H,16,17). The summed E-state index contributed by atoms with van der Waals surface area (Å²) >= 11 is 0. The van der Waals surface area contributed by atoms with Crippen LogP contribution in [0.4, 0.5) is 0 Å². The van der Waals surface area contributed by atoms with Crippen LogP contribution in [0, 0.1) is 6.92 Å². The molecule has 1 aromatic rings. The minimum atomic E-state index is -3.92. The lowest BCUT2D eigenvalue weighted by molar-refractivity contribution is 0.0693. The fourth-order valence-electron chi connectivity index (χ4n) is 1.82. The molecule has 1 aromatic carbocycles. The van der Waals surface area contributed by atoms with Gasteiger partial charge in [0.15, 0.2) is 0 Å². The van der Waals surface area contributed by atoms with Gasteiger partial charge >= 0.3 is 5.97 Å². The average molecular weight is 303 g/mol. The van der Waals surface area contributed by atoms with E-state index in [1.54, 1.807) is 6.92 Å². The predicted molar refractivity (Wildman–Crippen MR) is 71.3 cm³/mol. The van der Waals surface area contributed by atoms with Crippen LogP contribution >= 0.6 is 0 Å². The molecule has 20 heavy (non-hydrogen) atoms. The first-order chi connectivity index (χ1) is 9.25. The van der Waals surface area contributed by atoms with Gasteiger partial charge in [-0.3, -0.25) is 0 Å². The van der Waals surface area contributed by atoms with Crippen molar-refractivity contribution < 1.29 is 28.5 Å². The van der Waals surface area contributed by atoms with Crippen LogP contribution in [-0.4, -0.2) is 53.7 Å². The fourth-order valence-corrected chi connectivity index (χ4v) is 3.49. The minimum Gasteiger partial charge on any atom is -0.507 e. The molecule has 1 rings (SSSR count). The number of rotatable bonds is 6. The summed E-state index contributed by atoms with van der Waals surface area (Å²) in [7, 11) is -3.92. The van der Waals surface area contributed by atoms with Crippen molar-refractivity contribution in [3.8, 4) is 5.75 Å². The number of aromatic carboxylic acids is 1. The van der Waals surface area contributed by atoms with Gasteiger partial charge < -0.3 is 15.3 Å². The Hall–Kier alpha value is -1.64. The largest absolute Gasteiger partial charge is 0.507 e. The van der Waals surface area contributed by atoms with Gasteiger partial charge in [0.1, 0.15) is 11.3 Å². The number of phenols is 1. The molecule has 7 nitrogen and oxygen atoms in total. The number of aliphatic hydroxyl groups is 1. The molecule has 0 saturated heterocycles. The van der Waals surface area contributed by atoms with E-state index in [1.807, 2.05) is 0 Å². The van der Waals surface area contributed by atoms with Crippen LogP contribution in [0.5, 0.6) is 5.75 Å². The lowest BCUT2D eigenvalue weighted by Gasteiger charge is -2.21. The molecule has 0 unspecified atom stereocenters. The number of aliphatic hydroxyl groups excluding tert-OH is 1. The monoisotopic (exact) mass is 303 g/mol.